The van der Waals surface area contributed by atoms with Gasteiger partial charge in [-0.05, 0) is 41.6 Å². The van der Waals surface area contributed by atoms with E-state index in [2.05, 4.69) is 62.8 Å². The lowest BCUT2D eigenvalue weighted by molar-refractivity contribution is 0.414. The molecule has 0 bridgehead atoms. The van der Waals surface area contributed by atoms with E-state index in [1.54, 1.807) is 14.2 Å². The number of fused-ring (bicyclic) bond motifs is 1. The average Bonchev–Trinajstić information content (AvgIpc) is 3.11. The van der Waals surface area contributed by atoms with Crippen LogP contribution in [0.3, 0.4) is 0 Å². The molecule has 0 spiro atoms. The van der Waals surface area contributed by atoms with Gasteiger partial charge in [0.25, 0.3) is 0 Å². The van der Waals surface area contributed by atoms with E-state index in [1.807, 2.05) is 18.2 Å². The fourth-order valence-electron chi connectivity index (χ4n) is 2.98. The number of methoxy groups -OCH3 is 1. The Morgan fingerprint density at radius 1 is 1.07 bits per heavy atom. The van der Waals surface area contributed by atoms with E-state index in [0.717, 1.165) is 36.8 Å². The number of aliphatic imine (C=N–C) groups is 1. The number of rotatable bonds is 7. The molecule has 2 aromatic carbocycles. The number of nitrogens with one attached hydrogen (secondary N) is 2. The number of hydrogen-bond acceptors (Lipinski definition) is 2. The van der Waals surface area contributed by atoms with Gasteiger partial charge in [0, 0.05) is 38.4 Å². The summed E-state index contributed by atoms with van der Waals surface area (Å²) in [4.78, 5) is 4.29. The van der Waals surface area contributed by atoms with Crippen molar-refractivity contribution in [3.8, 4) is 5.75 Å². The molecule has 5 nitrogen and oxygen atoms in total. The van der Waals surface area contributed by atoms with E-state index in [1.165, 1.54) is 10.9 Å². The molecule has 3 aromatic rings. The number of aromatic nitrogens is 1. The Bertz CT molecular complexity index is 875. The second-order valence-corrected chi connectivity index (χ2v) is 6.13. The van der Waals surface area contributed by atoms with Gasteiger partial charge in [0.1, 0.15) is 5.75 Å². The quantitative estimate of drug-likeness (QED) is 0.234. The maximum atomic E-state index is 5.26. The molecular weight excluding hydrogens is 451 g/mol. The maximum absolute atomic E-state index is 5.26. The number of benzene rings is 2. The minimum absolute atomic E-state index is 0. The molecular formula is C21H27IN4O. The van der Waals surface area contributed by atoms with Crippen LogP contribution in [0, 0.1) is 0 Å². The summed E-state index contributed by atoms with van der Waals surface area (Å²) < 4.78 is 7.55. The number of ether oxygens (including phenoxy) is 1. The lowest BCUT2D eigenvalue weighted by atomic mass is 10.2. The number of halogens is 1. The molecule has 0 atom stereocenters. The number of aryl methyl sites for hydroxylation is 1. The van der Waals surface area contributed by atoms with Crippen LogP contribution in [0.25, 0.3) is 10.9 Å². The fourth-order valence-corrected chi connectivity index (χ4v) is 2.98. The van der Waals surface area contributed by atoms with Crippen LogP contribution in [0.1, 0.15) is 12.0 Å². The van der Waals surface area contributed by atoms with Crippen molar-refractivity contribution in [3.63, 3.8) is 0 Å². The van der Waals surface area contributed by atoms with Gasteiger partial charge in [-0.1, -0.05) is 30.3 Å². The largest absolute Gasteiger partial charge is 0.497 e. The van der Waals surface area contributed by atoms with Crippen LogP contribution in [0.5, 0.6) is 5.75 Å². The van der Waals surface area contributed by atoms with Crippen molar-refractivity contribution in [3.05, 3.63) is 66.4 Å². The molecule has 0 saturated heterocycles. The third-order valence-corrected chi connectivity index (χ3v) is 4.37. The Balaban J connectivity index is 0.00000261. The first-order valence-electron chi connectivity index (χ1n) is 8.91. The number of hydrogen-bond donors (Lipinski definition) is 2. The lowest BCUT2D eigenvalue weighted by Crippen LogP contribution is -2.37. The standard InChI is InChI=1S/C21H26N4O.HI/c1-22-21(24-16-17-7-5-9-19(15-17)26-2)23-12-6-13-25-14-11-18-8-3-4-10-20(18)25;/h3-5,7-11,14-15H,6,12-13,16H2,1-2H3,(H2,22,23,24);1H. The van der Waals surface area contributed by atoms with Crippen LogP contribution in [-0.4, -0.2) is 31.2 Å². The summed E-state index contributed by atoms with van der Waals surface area (Å²) in [5.41, 5.74) is 2.44. The summed E-state index contributed by atoms with van der Waals surface area (Å²) in [6, 6.07) is 18.7. The van der Waals surface area contributed by atoms with Crippen molar-refractivity contribution in [1.29, 1.82) is 0 Å². The predicted octanol–water partition coefficient (Wildman–Crippen LogP) is 4.02. The zero-order valence-corrected chi connectivity index (χ0v) is 18.1. The SMILES string of the molecule is CN=C(NCCCn1ccc2ccccc21)NCc1cccc(OC)c1.I. The molecule has 0 radical (unpaired) electrons. The molecule has 2 N–H and O–H groups in total. The van der Waals surface area contributed by atoms with Crippen LogP contribution < -0.4 is 15.4 Å². The Labute approximate surface area is 177 Å². The molecule has 6 heteroatoms. The van der Waals surface area contributed by atoms with Crippen LogP contribution in [0.4, 0.5) is 0 Å². The van der Waals surface area contributed by atoms with E-state index in [4.69, 9.17) is 4.74 Å². The molecule has 1 aromatic heterocycles. The molecule has 144 valence electrons. The first-order valence-corrected chi connectivity index (χ1v) is 8.91. The van der Waals surface area contributed by atoms with Gasteiger partial charge in [0.2, 0.25) is 0 Å². The summed E-state index contributed by atoms with van der Waals surface area (Å²) in [6.45, 7) is 2.55. The van der Waals surface area contributed by atoms with E-state index in [0.29, 0.717) is 6.54 Å². The Morgan fingerprint density at radius 3 is 2.74 bits per heavy atom. The van der Waals surface area contributed by atoms with Crippen molar-refractivity contribution in [1.82, 2.24) is 15.2 Å². The Hall–Kier alpha value is -2.22. The Morgan fingerprint density at radius 2 is 1.93 bits per heavy atom. The molecule has 0 aliphatic carbocycles. The molecule has 3 rings (SSSR count). The first-order chi connectivity index (χ1) is 12.8. The highest BCUT2D eigenvalue weighted by Crippen LogP contribution is 2.15. The van der Waals surface area contributed by atoms with Gasteiger partial charge in [-0.15, -0.1) is 24.0 Å². The van der Waals surface area contributed by atoms with Crippen LogP contribution >= 0.6 is 24.0 Å². The molecule has 0 aliphatic heterocycles. The highest BCUT2D eigenvalue weighted by molar-refractivity contribution is 14.0. The van der Waals surface area contributed by atoms with Crippen LogP contribution in [-0.2, 0) is 13.1 Å². The van der Waals surface area contributed by atoms with Crippen LogP contribution in [0.15, 0.2) is 65.8 Å². The summed E-state index contributed by atoms with van der Waals surface area (Å²) in [5, 5.41) is 8.00. The van der Waals surface area contributed by atoms with Crippen molar-refractivity contribution in [2.45, 2.75) is 19.5 Å². The smallest absolute Gasteiger partial charge is 0.191 e. The summed E-state index contributed by atoms with van der Waals surface area (Å²) in [5.74, 6) is 1.68. The van der Waals surface area contributed by atoms with E-state index in [-0.39, 0.29) is 24.0 Å². The highest BCUT2D eigenvalue weighted by atomic mass is 127. The van der Waals surface area contributed by atoms with E-state index < -0.39 is 0 Å². The van der Waals surface area contributed by atoms with E-state index in [9.17, 15) is 0 Å². The molecule has 1 heterocycles. The molecule has 0 unspecified atom stereocenters. The van der Waals surface area contributed by atoms with Crippen molar-refractivity contribution >= 4 is 40.8 Å². The van der Waals surface area contributed by atoms with Crippen molar-refractivity contribution in [2.24, 2.45) is 4.99 Å². The van der Waals surface area contributed by atoms with E-state index >= 15 is 0 Å². The van der Waals surface area contributed by atoms with Crippen molar-refractivity contribution < 1.29 is 4.74 Å². The Kier molecular flexibility index (Phi) is 8.44. The normalized spacial score (nSPS) is 11.1. The summed E-state index contributed by atoms with van der Waals surface area (Å²) in [7, 11) is 3.47. The van der Waals surface area contributed by atoms with Gasteiger partial charge in [0.05, 0.1) is 7.11 Å². The third-order valence-electron chi connectivity index (χ3n) is 4.37. The fraction of sp³-hybridized carbons (Fsp3) is 0.286. The highest BCUT2D eigenvalue weighted by Gasteiger charge is 2.02. The lowest BCUT2D eigenvalue weighted by Gasteiger charge is -2.13. The number of guanidine groups is 1. The first kappa shape index (κ1) is 21.1. The zero-order chi connectivity index (χ0) is 18.2. The van der Waals surface area contributed by atoms with Gasteiger partial charge in [-0.2, -0.15) is 0 Å². The minimum Gasteiger partial charge on any atom is -0.497 e. The monoisotopic (exact) mass is 478 g/mol. The average molecular weight is 478 g/mol. The molecule has 0 aliphatic rings. The molecule has 0 saturated carbocycles. The predicted molar refractivity (Wildman–Crippen MR) is 123 cm³/mol. The topological polar surface area (TPSA) is 50.6 Å². The van der Waals surface area contributed by atoms with Gasteiger partial charge in [-0.3, -0.25) is 4.99 Å². The molecule has 0 fully saturated rings. The number of para-hydroxylation sites is 1. The second-order valence-electron chi connectivity index (χ2n) is 6.13. The third kappa shape index (κ3) is 5.89. The molecule has 0 amide bonds. The van der Waals surface area contributed by atoms with Gasteiger partial charge in [-0.25, -0.2) is 0 Å². The van der Waals surface area contributed by atoms with Gasteiger partial charge >= 0.3 is 0 Å². The van der Waals surface area contributed by atoms with Gasteiger partial charge < -0.3 is 19.9 Å². The number of nitrogens with zero attached hydrogens (tertiary/aromatic N) is 2. The van der Waals surface area contributed by atoms with Crippen molar-refractivity contribution in [2.75, 3.05) is 20.7 Å². The maximum Gasteiger partial charge on any atom is 0.191 e. The zero-order valence-electron chi connectivity index (χ0n) is 15.8. The molecule has 27 heavy (non-hydrogen) atoms. The summed E-state index contributed by atoms with van der Waals surface area (Å²) in [6.07, 6.45) is 3.18. The summed E-state index contributed by atoms with van der Waals surface area (Å²) >= 11 is 0. The minimum atomic E-state index is 0. The van der Waals surface area contributed by atoms with Gasteiger partial charge in [0.15, 0.2) is 5.96 Å². The van der Waals surface area contributed by atoms with Crippen LogP contribution in [0.2, 0.25) is 0 Å². The second kappa shape index (κ2) is 10.8.